The Bertz CT molecular complexity index is 574. The minimum Gasteiger partial charge on any atom is -0.395 e. The van der Waals surface area contributed by atoms with Crippen LogP contribution in [-0.4, -0.2) is 62.1 Å². The molecule has 1 fully saturated rings. The molecule has 0 bridgehead atoms. The lowest BCUT2D eigenvalue weighted by Gasteiger charge is -2.33. The van der Waals surface area contributed by atoms with Gasteiger partial charge in [0.25, 0.3) is 0 Å². The van der Waals surface area contributed by atoms with Gasteiger partial charge < -0.3 is 5.11 Å². The second-order valence-corrected chi connectivity index (χ2v) is 6.86. The zero-order chi connectivity index (χ0) is 14.8. The first-order valence-corrected chi connectivity index (χ1v) is 8.05. The number of nitrogens with zero attached hydrogens (tertiary/aromatic N) is 2. The van der Waals surface area contributed by atoms with E-state index in [0.29, 0.717) is 32.7 Å². The summed E-state index contributed by atoms with van der Waals surface area (Å²) < 4.78 is 39.2. The first-order valence-electron chi connectivity index (χ1n) is 6.23. The van der Waals surface area contributed by atoms with Crippen molar-refractivity contribution in [3.8, 4) is 0 Å². The molecular formula is C12H16ClFN2O3S. The molecule has 1 aromatic carbocycles. The molecule has 0 saturated carbocycles. The highest BCUT2D eigenvalue weighted by atomic mass is 35.5. The molecule has 0 spiro atoms. The van der Waals surface area contributed by atoms with E-state index in [2.05, 4.69) is 0 Å². The fraction of sp³-hybridized carbons (Fsp3) is 0.500. The van der Waals surface area contributed by atoms with Crippen LogP contribution < -0.4 is 0 Å². The van der Waals surface area contributed by atoms with Crippen molar-refractivity contribution in [1.29, 1.82) is 0 Å². The smallest absolute Gasteiger partial charge is 0.244 e. The molecule has 20 heavy (non-hydrogen) atoms. The van der Waals surface area contributed by atoms with E-state index in [1.54, 1.807) is 0 Å². The maximum atomic E-state index is 13.0. The molecule has 1 aliphatic heterocycles. The molecule has 0 radical (unpaired) electrons. The van der Waals surface area contributed by atoms with E-state index in [9.17, 15) is 12.8 Å². The Kier molecular flexibility index (Phi) is 4.98. The van der Waals surface area contributed by atoms with E-state index in [1.807, 2.05) is 4.90 Å². The van der Waals surface area contributed by atoms with Gasteiger partial charge in [-0.05, 0) is 18.2 Å². The monoisotopic (exact) mass is 322 g/mol. The Hall–Kier alpha value is -0.730. The number of sulfonamides is 1. The molecule has 1 saturated heterocycles. The van der Waals surface area contributed by atoms with Crippen LogP contribution in [0.1, 0.15) is 0 Å². The average molecular weight is 323 g/mol. The Morgan fingerprint density at radius 3 is 2.45 bits per heavy atom. The summed E-state index contributed by atoms with van der Waals surface area (Å²) in [5.41, 5.74) is 0. The molecule has 1 N–H and O–H groups in total. The first-order chi connectivity index (χ1) is 9.45. The summed E-state index contributed by atoms with van der Waals surface area (Å²) in [6, 6.07) is 3.27. The topological polar surface area (TPSA) is 60.9 Å². The van der Waals surface area contributed by atoms with Gasteiger partial charge in [-0.3, -0.25) is 4.90 Å². The number of aliphatic hydroxyl groups excluding tert-OH is 1. The van der Waals surface area contributed by atoms with Crippen molar-refractivity contribution >= 4 is 21.6 Å². The van der Waals surface area contributed by atoms with E-state index in [-0.39, 0.29) is 16.5 Å². The molecule has 1 aliphatic rings. The lowest BCUT2D eigenvalue weighted by molar-refractivity contribution is 0.151. The molecule has 0 aliphatic carbocycles. The lowest BCUT2D eigenvalue weighted by Crippen LogP contribution is -2.49. The molecule has 5 nitrogen and oxygen atoms in total. The maximum Gasteiger partial charge on any atom is 0.244 e. The number of hydrogen-bond acceptors (Lipinski definition) is 4. The largest absolute Gasteiger partial charge is 0.395 e. The molecule has 112 valence electrons. The molecule has 0 unspecified atom stereocenters. The standard InChI is InChI=1S/C12H16ClFN2O3S/c13-11-9-10(14)1-2-12(11)20(18,19)16-5-3-15(4-6-16)7-8-17/h1-2,9,17H,3-8H2. The van der Waals surface area contributed by atoms with Gasteiger partial charge in [0.15, 0.2) is 0 Å². The Balaban J connectivity index is 2.15. The number of hydrogen-bond donors (Lipinski definition) is 1. The summed E-state index contributed by atoms with van der Waals surface area (Å²) in [6.45, 7) is 2.35. The number of halogens is 2. The van der Waals surface area contributed by atoms with Gasteiger partial charge in [-0.1, -0.05) is 11.6 Å². The van der Waals surface area contributed by atoms with Crippen LogP contribution in [0.15, 0.2) is 23.1 Å². The van der Waals surface area contributed by atoms with Gasteiger partial charge in [-0.15, -0.1) is 0 Å². The van der Waals surface area contributed by atoms with Crippen LogP contribution in [0.5, 0.6) is 0 Å². The molecule has 1 heterocycles. The van der Waals surface area contributed by atoms with Crippen molar-refractivity contribution < 1.29 is 17.9 Å². The van der Waals surface area contributed by atoms with E-state index >= 15 is 0 Å². The summed E-state index contributed by atoms with van der Waals surface area (Å²) in [4.78, 5) is 1.91. The highest BCUT2D eigenvalue weighted by Crippen LogP contribution is 2.26. The highest BCUT2D eigenvalue weighted by molar-refractivity contribution is 7.89. The first kappa shape index (κ1) is 15.7. The second-order valence-electron chi connectivity index (χ2n) is 4.54. The van der Waals surface area contributed by atoms with Crippen molar-refractivity contribution in [2.75, 3.05) is 39.3 Å². The Labute approximate surface area is 122 Å². The fourth-order valence-electron chi connectivity index (χ4n) is 2.16. The van der Waals surface area contributed by atoms with Crippen LogP contribution in [-0.2, 0) is 10.0 Å². The third kappa shape index (κ3) is 3.29. The van der Waals surface area contributed by atoms with Crippen molar-refractivity contribution in [3.05, 3.63) is 29.0 Å². The Morgan fingerprint density at radius 2 is 1.90 bits per heavy atom. The predicted molar refractivity (Wildman–Crippen MR) is 73.7 cm³/mol. The van der Waals surface area contributed by atoms with Gasteiger partial charge in [0.05, 0.1) is 11.6 Å². The molecule has 0 amide bonds. The van der Waals surface area contributed by atoms with Gasteiger partial charge in [0, 0.05) is 32.7 Å². The normalized spacial score (nSPS) is 18.4. The highest BCUT2D eigenvalue weighted by Gasteiger charge is 2.29. The molecular weight excluding hydrogens is 307 g/mol. The maximum absolute atomic E-state index is 13.0. The third-order valence-corrected chi connectivity index (χ3v) is 5.64. The van der Waals surface area contributed by atoms with Gasteiger partial charge in [0.2, 0.25) is 10.0 Å². The van der Waals surface area contributed by atoms with Crippen LogP contribution in [0.2, 0.25) is 5.02 Å². The zero-order valence-electron chi connectivity index (χ0n) is 10.8. The summed E-state index contributed by atoms with van der Waals surface area (Å²) in [6.07, 6.45) is 0. The molecule has 0 atom stereocenters. The van der Waals surface area contributed by atoms with Crippen LogP contribution in [0.4, 0.5) is 4.39 Å². The quantitative estimate of drug-likeness (QED) is 0.890. The van der Waals surface area contributed by atoms with E-state index in [1.165, 1.54) is 10.4 Å². The van der Waals surface area contributed by atoms with Crippen molar-refractivity contribution in [2.24, 2.45) is 0 Å². The van der Waals surface area contributed by atoms with Crippen LogP contribution in [0.25, 0.3) is 0 Å². The summed E-state index contributed by atoms with van der Waals surface area (Å²) in [5.74, 6) is -0.568. The van der Waals surface area contributed by atoms with Gasteiger partial charge >= 0.3 is 0 Å². The minimum atomic E-state index is -3.70. The van der Waals surface area contributed by atoms with Crippen LogP contribution >= 0.6 is 11.6 Å². The molecule has 2 rings (SSSR count). The SMILES string of the molecule is O=S(=O)(c1ccc(F)cc1Cl)N1CCN(CCO)CC1. The fourth-order valence-corrected chi connectivity index (χ4v) is 4.09. The molecule has 0 aromatic heterocycles. The molecule has 8 heteroatoms. The summed E-state index contributed by atoms with van der Waals surface area (Å²) in [7, 11) is -3.70. The minimum absolute atomic E-state index is 0.0521. The van der Waals surface area contributed by atoms with Crippen LogP contribution in [0.3, 0.4) is 0 Å². The van der Waals surface area contributed by atoms with Gasteiger partial charge in [0.1, 0.15) is 10.7 Å². The number of piperazine rings is 1. The van der Waals surface area contributed by atoms with E-state index < -0.39 is 15.8 Å². The number of benzene rings is 1. The van der Waals surface area contributed by atoms with Crippen molar-refractivity contribution in [1.82, 2.24) is 9.21 Å². The van der Waals surface area contributed by atoms with Crippen molar-refractivity contribution in [3.63, 3.8) is 0 Å². The van der Waals surface area contributed by atoms with Crippen molar-refractivity contribution in [2.45, 2.75) is 4.90 Å². The number of β-amino-alcohol motifs (C(OH)–C–C–N with tert-alkyl or cyclic N) is 1. The van der Waals surface area contributed by atoms with Gasteiger partial charge in [-0.2, -0.15) is 4.31 Å². The van der Waals surface area contributed by atoms with E-state index in [4.69, 9.17) is 16.7 Å². The zero-order valence-corrected chi connectivity index (χ0v) is 12.4. The molecule has 1 aromatic rings. The second kappa shape index (κ2) is 6.36. The van der Waals surface area contributed by atoms with Gasteiger partial charge in [-0.25, -0.2) is 12.8 Å². The Morgan fingerprint density at radius 1 is 1.25 bits per heavy atom. The summed E-state index contributed by atoms with van der Waals surface area (Å²) >= 11 is 5.82. The van der Waals surface area contributed by atoms with E-state index in [0.717, 1.165) is 12.1 Å². The predicted octanol–water partition coefficient (Wildman–Crippen LogP) is 0.778. The number of rotatable bonds is 4. The third-order valence-electron chi connectivity index (χ3n) is 3.26. The van der Waals surface area contributed by atoms with Crippen LogP contribution in [0, 0.1) is 5.82 Å². The summed E-state index contributed by atoms with van der Waals surface area (Å²) in [5, 5.41) is 8.75. The number of aliphatic hydroxyl groups is 1. The lowest BCUT2D eigenvalue weighted by atomic mass is 10.3. The average Bonchev–Trinajstić information content (AvgIpc) is 2.39.